The lowest BCUT2D eigenvalue weighted by Gasteiger charge is -2.27. The molecule has 1 aromatic carbocycles. The third-order valence-corrected chi connectivity index (χ3v) is 4.73. The molecule has 108 valence electrons. The van der Waals surface area contributed by atoms with E-state index in [-0.39, 0.29) is 5.38 Å². The summed E-state index contributed by atoms with van der Waals surface area (Å²) >= 11 is 6.37. The smallest absolute Gasteiger partial charge is 0.127 e. The summed E-state index contributed by atoms with van der Waals surface area (Å²) in [7, 11) is 0. The Bertz CT molecular complexity index is 802. The summed E-state index contributed by atoms with van der Waals surface area (Å²) in [6.45, 7) is 3.02. The van der Waals surface area contributed by atoms with E-state index in [2.05, 4.69) is 27.8 Å². The monoisotopic (exact) mass is 299 g/mol. The van der Waals surface area contributed by atoms with Gasteiger partial charge in [0.2, 0.25) is 0 Å². The van der Waals surface area contributed by atoms with E-state index in [1.165, 1.54) is 30.2 Å². The van der Waals surface area contributed by atoms with Crippen molar-refractivity contribution in [2.75, 3.05) is 0 Å². The van der Waals surface area contributed by atoms with Gasteiger partial charge in [-0.15, -0.1) is 11.6 Å². The molecular formula is C17H18ClN3. The Hall–Kier alpha value is -1.61. The van der Waals surface area contributed by atoms with E-state index >= 15 is 0 Å². The van der Waals surface area contributed by atoms with Crippen LogP contribution >= 0.6 is 11.6 Å². The lowest BCUT2D eigenvalue weighted by molar-refractivity contribution is 0.277. The lowest BCUT2D eigenvalue weighted by atomic mass is 9.85. The third-order valence-electron chi connectivity index (χ3n) is 4.53. The minimum absolute atomic E-state index is 0.0868. The zero-order valence-electron chi connectivity index (χ0n) is 12.1. The molecule has 0 spiro atoms. The van der Waals surface area contributed by atoms with Crippen molar-refractivity contribution in [1.29, 1.82) is 0 Å². The Kier molecular flexibility index (Phi) is 3.11. The number of hydrogen-bond donors (Lipinski definition) is 0. The summed E-state index contributed by atoms with van der Waals surface area (Å²) in [6, 6.07) is 8.28. The fraction of sp³-hybridized carbons (Fsp3) is 0.412. The number of imidazole rings is 1. The van der Waals surface area contributed by atoms with Crippen LogP contribution in [0.25, 0.3) is 21.9 Å². The minimum atomic E-state index is -0.0868. The number of aromatic nitrogens is 3. The second-order valence-electron chi connectivity index (χ2n) is 6.00. The van der Waals surface area contributed by atoms with Gasteiger partial charge in [0.25, 0.3) is 0 Å². The maximum atomic E-state index is 6.37. The van der Waals surface area contributed by atoms with Crippen LogP contribution in [0.3, 0.4) is 0 Å². The van der Waals surface area contributed by atoms with E-state index in [0.717, 1.165) is 29.3 Å². The van der Waals surface area contributed by atoms with E-state index in [9.17, 15) is 0 Å². The summed E-state index contributed by atoms with van der Waals surface area (Å²) in [5.41, 5.74) is 3.17. The fourth-order valence-corrected chi connectivity index (χ4v) is 3.37. The van der Waals surface area contributed by atoms with E-state index in [1.54, 1.807) is 0 Å². The van der Waals surface area contributed by atoms with Gasteiger partial charge in [0.1, 0.15) is 11.3 Å². The van der Waals surface area contributed by atoms with Gasteiger partial charge in [-0.1, -0.05) is 24.6 Å². The molecule has 0 radical (unpaired) electrons. The summed E-state index contributed by atoms with van der Waals surface area (Å²) in [6.07, 6.45) is 5.86. The van der Waals surface area contributed by atoms with Crippen LogP contribution < -0.4 is 0 Å². The zero-order valence-corrected chi connectivity index (χ0v) is 12.8. The van der Waals surface area contributed by atoms with E-state index in [1.807, 2.05) is 19.2 Å². The molecule has 4 heteroatoms. The van der Waals surface area contributed by atoms with Crippen LogP contribution in [0.15, 0.2) is 30.5 Å². The molecule has 2 heterocycles. The Labute approximate surface area is 129 Å². The highest BCUT2D eigenvalue weighted by Crippen LogP contribution is 2.34. The van der Waals surface area contributed by atoms with Crippen molar-refractivity contribution in [2.45, 2.75) is 38.1 Å². The second-order valence-corrected chi connectivity index (χ2v) is 6.66. The number of pyridine rings is 1. The SMILES string of the molecule is CC(Cl)c1nc2cnc3ccccc3c2n1CC1CCC1. The van der Waals surface area contributed by atoms with E-state index < -0.39 is 0 Å². The van der Waals surface area contributed by atoms with Crippen LogP contribution in [0.2, 0.25) is 0 Å². The van der Waals surface area contributed by atoms with Crippen LogP contribution in [0.5, 0.6) is 0 Å². The van der Waals surface area contributed by atoms with Gasteiger partial charge in [0.05, 0.1) is 22.6 Å². The van der Waals surface area contributed by atoms with Gasteiger partial charge in [-0.2, -0.15) is 0 Å². The van der Waals surface area contributed by atoms with Crippen molar-refractivity contribution in [3.05, 3.63) is 36.3 Å². The highest BCUT2D eigenvalue weighted by Gasteiger charge is 2.23. The maximum Gasteiger partial charge on any atom is 0.127 e. The average Bonchev–Trinajstić information content (AvgIpc) is 2.82. The van der Waals surface area contributed by atoms with Crippen LogP contribution in [-0.2, 0) is 6.54 Å². The molecule has 0 saturated heterocycles. The topological polar surface area (TPSA) is 30.7 Å². The quantitative estimate of drug-likeness (QED) is 0.657. The van der Waals surface area contributed by atoms with Crippen molar-refractivity contribution >= 4 is 33.5 Å². The van der Waals surface area contributed by atoms with Crippen LogP contribution in [-0.4, -0.2) is 14.5 Å². The van der Waals surface area contributed by atoms with Crippen LogP contribution in [0, 0.1) is 5.92 Å². The molecule has 1 saturated carbocycles. The average molecular weight is 300 g/mol. The second kappa shape index (κ2) is 4.99. The van der Waals surface area contributed by atoms with Gasteiger partial charge in [-0.25, -0.2) is 4.98 Å². The summed E-state index contributed by atoms with van der Waals surface area (Å²) in [4.78, 5) is 9.26. The molecule has 0 amide bonds. The molecule has 1 unspecified atom stereocenters. The highest BCUT2D eigenvalue weighted by molar-refractivity contribution is 6.20. The number of alkyl halides is 1. The van der Waals surface area contributed by atoms with E-state index in [4.69, 9.17) is 16.6 Å². The molecule has 0 N–H and O–H groups in total. The van der Waals surface area contributed by atoms with Crippen molar-refractivity contribution < 1.29 is 0 Å². The molecule has 3 aromatic rings. The zero-order chi connectivity index (χ0) is 14.4. The first-order valence-electron chi connectivity index (χ1n) is 7.62. The highest BCUT2D eigenvalue weighted by atomic mass is 35.5. The molecule has 3 nitrogen and oxygen atoms in total. The number of rotatable bonds is 3. The number of para-hydroxylation sites is 1. The first kappa shape index (κ1) is 13.1. The molecule has 21 heavy (non-hydrogen) atoms. The Morgan fingerprint density at radius 2 is 2.10 bits per heavy atom. The number of nitrogens with zero attached hydrogens (tertiary/aromatic N) is 3. The number of benzene rings is 1. The largest absolute Gasteiger partial charge is 0.326 e. The molecule has 1 fully saturated rings. The van der Waals surface area contributed by atoms with Crippen molar-refractivity contribution in [2.24, 2.45) is 5.92 Å². The number of fused-ring (bicyclic) bond motifs is 3. The summed E-state index contributed by atoms with van der Waals surface area (Å²) in [5, 5.41) is 1.08. The normalized spacial score (nSPS) is 17.2. The standard InChI is InChI=1S/C17H18ClN3/c1-11(18)17-20-15-9-19-14-8-3-2-7-13(14)16(15)21(17)10-12-5-4-6-12/h2-3,7-9,11-12H,4-6,10H2,1H3. The van der Waals surface area contributed by atoms with Crippen molar-refractivity contribution in [3.8, 4) is 0 Å². The Balaban J connectivity index is 2.00. The predicted octanol–water partition coefficient (Wildman–Crippen LogP) is 4.68. The van der Waals surface area contributed by atoms with Crippen molar-refractivity contribution in [1.82, 2.24) is 14.5 Å². The van der Waals surface area contributed by atoms with E-state index in [0.29, 0.717) is 0 Å². The third kappa shape index (κ3) is 2.11. The van der Waals surface area contributed by atoms with Gasteiger partial charge in [0.15, 0.2) is 0 Å². The first-order chi connectivity index (χ1) is 10.2. The molecule has 4 rings (SSSR count). The molecule has 1 aliphatic carbocycles. The molecular weight excluding hydrogens is 282 g/mol. The van der Waals surface area contributed by atoms with Crippen LogP contribution in [0.4, 0.5) is 0 Å². The number of halogens is 1. The van der Waals surface area contributed by atoms with Crippen molar-refractivity contribution in [3.63, 3.8) is 0 Å². The minimum Gasteiger partial charge on any atom is -0.326 e. The molecule has 2 aromatic heterocycles. The maximum absolute atomic E-state index is 6.37. The van der Waals surface area contributed by atoms with Gasteiger partial charge in [-0.3, -0.25) is 4.98 Å². The van der Waals surface area contributed by atoms with Gasteiger partial charge in [0, 0.05) is 11.9 Å². The number of hydrogen-bond acceptors (Lipinski definition) is 2. The van der Waals surface area contributed by atoms with Gasteiger partial charge in [-0.05, 0) is 31.7 Å². The molecule has 1 aliphatic rings. The molecule has 1 atom stereocenters. The fourth-order valence-electron chi connectivity index (χ4n) is 3.20. The lowest BCUT2D eigenvalue weighted by Crippen LogP contribution is -2.19. The predicted molar refractivity (Wildman–Crippen MR) is 86.6 cm³/mol. The molecule has 0 bridgehead atoms. The van der Waals surface area contributed by atoms with Crippen LogP contribution in [0.1, 0.15) is 37.4 Å². The van der Waals surface area contributed by atoms with Gasteiger partial charge < -0.3 is 4.57 Å². The Morgan fingerprint density at radius 1 is 1.29 bits per heavy atom. The Morgan fingerprint density at radius 3 is 2.81 bits per heavy atom. The summed E-state index contributed by atoms with van der Waals surface area (Å²) < 4.78 is 2.33. The molecule has 0 aliphatic heterocycles. The van der Waals surface area contributed by atoms with Gasteiger partial charge >= 0.3 is 0 Å². The first-order valence-corrected chi connectivity index (χ1v) is 8.05. The summed E-state index contributed by atoms with van der Waals surface area (Å²) in [5.74, 6) is 1.74.